The quantitative estimate of drug-likeness (QED) is 0.435. The Bertz CT molecular complexity index is 1330. The number of aromatic amines is 1. The largest absolute Gasteiger partial charge is 0.507 e. The molecule has 0 saturated carbocycles. The first kappa shape index (κ1) is 19.1. The Morgan fingerprint density at radius 3 is 2.35 bits per heavy atom. The third-order valence-electron chi connectivity index (χ3n) is 5.96. The maximum absolute atomic E-state index is 11.4. The Hall–Kier alpha value is -3.93. The molecule has 0 spiro atoms. The number of nitrogens with one attached hydrogen (secondary N) is 1. The highest BCUT2D eigenvalue weighted by Crippen LogP contribution is 2.41. The van der Waals surface area contributed by atoms with Crippen LogP contribution in [0.25, 0.3) is 33.3 Å². The van der Waals surface area contributed by atoms with Crippen molar-refractivity contribution in [1.29, 1.82) is 0 Å². The molecule has 0 amide bonds. The van der Waals surface area contributed by atoms with Crippen LogP contribution in [0.4, 0.5) is 0 Å². The minimum Gasteiger partial charge on any atom is -0.507 e. The normalized spacial score (nSPS) is 12.3. The molecule has 3 aromatic carbocycles. The van der Waals surface area contributed by atoms with Gasteiger partial charge in [0.25, 0.3) is 0 Å². The number of aryl methyl sites for hydroxylation is 2. The van der Waals surface area contributed by atoms with Crippen LogP contribution in [0.3, 0.4) is 0 Å². The Labute approximate surface area is 178 Å². The van der Waals surface area contributed by atoms with E-state index in [4.69, 9.17) is 9.47 Å². The maximum atomic E-state index is 11.4. The van der Waals surface area contributed by atoms with Crippen LogP contribution in [-0.4, -0.2) is 35.4 Å². The second-order valence-corrected chi connectivity index (χ2v) is 7.67. The van der Waals surface area contributed by atoms with Crippen molar-refractivity contribution in [3.05, 3.63) is 65.2 Å². The number of carbonyl (C=O) groups is 1. The number of carboxylic acids is 1. The number of aromatic hydroxyl groups is 1. The number of aromatic carboxylic acids is 1. The van der Waals surface area contributed by atoms with E-state index in [1.807, 2.05) is 18.2 Å². The molecule has 0 radical (unpaired) electrons. The second kappa shape index (κ2) is 7.09. The van der Waals surface area contributed by atoms with E-state index >= 15 is 0 Å². The number of H-pyrrole nitrogens is 1. The molecule has 6 nitrogen and oxygen atoms in total. The molecule has 156 valence electrons. The fourth-order valence-electron chi connectivity index (χ4n) is 4.40. The van der Waals surface area contributed by atoms with E-state index in [0.29, 0.717) is 0 Å². The molecule has 1 heterocycles. The lowest BCUT2D eigenvalue weighted by atomic mass is 9.87. The summed E-state index contributed by atoms with van der Waals surface area (Å²) < 4.78 is 10.8. The van der Waals surface area contributed by atoms with Gasteiger partial charge in [-0.05, 0) is 65.4 Å². The molecular formula is C25H21NO5. The molecule has 0 saturated heterocycles. The summed E-state index contributed by atoms with van der Waals surface area (Å²) in [5.74, 6) is 0.0979. The number of phenols is 1. The summed E-state index contributed by atoms with van der Waals surface area (Å²) in [4.78, 5) is 14.9. The smallest absolute Gasteiger partial charge is 0.339 e. The van der Waals surface area contributed by atoms with Crippen molar-refractivity contribution < 1.29 is 24.5 Å². The minimum atomic E-state index is -1.12. The van der Waals surface area contributed by atoms with Crippen molar-refractivity contribution in [3.8, 4) is 39.6 Å². The summed E-state index contributed by atoms with van der Waals surface area (Å²) in [5, 5.41) is 20.6. The fraction of sp³-hybridized carbons (Fsp3) is 0.160. The molecule has 1 aliphatic carbocycles. The third kappa shape index (κ3) is 3.08. The van der Waals surface area contributed by atoms with Gasteiger partial charge in [-0.1, -0.05) is 12.1 Å². The van der Waals surface area contributed by atoms with Gasteiger partial charge in [0, 0.05) is 22.5 Å². The molecular weight excluding hydrogens is 394 g/mol. The van der Waals surface area contributed by atoms with Crippen LogP contribution >= 0.6 is 0 Å². The van der Waals surface area contributed by atoms with E-state index in [1.165, 1.54) is 5.56 Å². The molecule has 1 aliphatic rings. The maximum Gasteiger partial charge on any atom is 0.339 e. The zero-order valence-electron chi connectivity index (χ0n) is 17.2. The first-order valence-electron chi connectivity index (χ1n) is 9.96. The number of carboxylic acid groups (broad SMARTS) is 1. The van der Waals surface area contributed by atoms with E-state index < -0.39 is 5.97 Å². The highest BCUT2D eigenvalue weighted by Gasteiger charge is 2.24. The summed E-state index contributed by atoms with van der Waals surface area (Å²) in [7, 11) is 3.26. The van der Waals surface area contributed by atoms with E-state index in [9.17, 15) is 15.0 Å². The standard InChI is InChI=1S/C25H21NO5/c1-30-16-7-15(8-17(11-16)31-2)13-3-5-18-19-6-4-14-9-21(25(28)29)23(27)12-20(14)24(19)26-22(18)10-13/h3,5,7-12,26-27H,4,6H2,1-2H3,(H,28,29). The molecule has 31 heavy (non-hydrogen) atoms. The molecule has 0 atom stereocenters. The van der Waals surface area contributed by atoms with Crippen LogP contribution in [-0.2, 0) is 12.8 Å². The van der Waals surface area contributed by atoms with Gasteiger partial charge in [-0.3, -0.25) is 0 Å². The summed E-state index contributed by atoms with van der Waals surface area (Å²) in [5.41, 5.74) is 6.81. The molecule has 1 aromatic heterocycles. The first-order chi connectivity index (χ1) is 15.0. The number of ether oxygens (including phenoxy) is 2. The van der Waals surface area contributed by atoms with E-state index in [1.54, 1.807) is 26.4 Å². The van der Waals surface area contributed by atoms with Crippen LogP contribution in [0.1, 0.15) is 21.5 Å². The minimum absolute atomic E-state index is 0.0624. The summed E-state index contributed by atoms with van der Waals surface area (Å²) in [6, 6.07) is 15.2. The predicted molar refractivity (Wildman–Crippen MR) is 118 cm³/mol. The molecule has 0 fully saturated rings. The van der Waals surface area contributed by atoms with Crippen LogP contribution < -0.4 is 9.47 Å². The zero-order chi connectivity index (χ0) is 21.7. The molecule has 0 unspecified atom stereocenters. The predicted octanol–water partition coefficient (Wildman–Crippen LogP) is 5.02. The Morgan fingerprint density at radius 2 is 1.68 bits per heavy atom. The lowest BCUT2D eigenvalue weighted by Crippen LogP contribution is -2.06. The average Bonchev–Trinajstić information content (AvgIpc) is 3.16. The SMILES string of the molecule is COc1cc(OC)cc(-c2ccc3c4c([nH]c3c2)-c2cc(O)c(C(=O)O)cc2CC4)c1. The van der Waals surface area contributed by atoms with Gasteiger partial charge in [-0.2, -0.15) is 0 Å². The van der Waals surface area contributed by atoms with Crippen molar-refractivity contribution in [2.75, 3.05) is 14.2 Å². The van der Waals surface area contributed by atoms with Gasteiger partial charge < -0.3 is 24.7 Å². The Balaban J connectivity index is 1.64. The Morgan fingerprint density at radius 1 is 0.935 bits per heavy atom. The molecule has 3 N–H and O–H groups in total. The summed E-state index contributed by atoms with van der Waals surface area (Å²) in [6.07, 6.45) is 1.53. The summed E-state index contributed by atoms with van der Waals surface area (Å²) in [6.45, 7) is 0. The molecule has 4 aromatic rings. The zero-order valence-corrected chi connectivity index (χ0v) is 17.2. The fourth-order valence-corrected chi connectivity index (χ4v) is 4.40. The molecule has 0 aliphatic heterocycles. The number of hydrogen-bond acceptors (Lipinski definition) is 4. The van der Waals surface area contributed by atoms with Crippen LogP contribution in [0.5, 0.6) is 17.2 Å². The van der Waals surface area contributed by atoms with Crippen molar-refractivity contribution in [2.45, 2.75) is 12.8 Å². The second-order valence-electron chi connectivity index (χ2n) is 7.67. The van der Waals surface area contributed by atoms with E-state index in [-0.39, 0.29) is 11.3 Å². The van der Waals surface area contributed by atoms with Gasteiger partial charge in [0.2, 0.25) is 0 Å². The van der Waals surface area contributed by atoms with Gasteiger partial charge in [-0.25, -0.2) is 4.79 Å². The van der Waals surface area contributed by atoms with Crippen LogP contribution in [0.15, 0.2) is 48.5 Å². The number of aromatic nitrogens is 1. The van der Waals surface area contributed by atoms with Crippen molar-refractivity contribution in [2.24, 2.45) is 0 Å². The van der Waals surface area contributed by atoms with Crippen molar-refractivity contribution >= 4 is 16.9 Å². The third-order valence-corrected chi connectivity index (χ3v) is 5.96. The first-order valence-corrected chi connectivity index (χ1v) is 9.96. The van der Waals surface area contributed by atoms with Crippen LogP contribution in [0.2, 0.25) is 0 Å². The lowest BCUT2D eigenvalue weighted by Gasteiger charge is -2.18. The monoisotopic (exact) mass is 415 g/mol. The van der Waals surface area contributed by atoms with Gasteiger partial charge in [-0.15, -0.1) is 0 Å². The van der Waals surface area contributed by atoms with Gasteiger partial charge in [0.1, 0.15) is 22.8 Å². The van der Waals surface area contributed by atoms with Crippen molar-refractivity contribution in [1.82, 2.24) is 4.98 Å². The highest BCUT2D eigenvalue weighted by molar-refractivity contribution is 5.97. The van der Waals surface area contributed by atoms with E-state index in [2.05, 4.69) is 23.2 Å². The molecule has 0 bridgehead atoms. The summed E-state index contributed by atoms with van der Waals surface area (Å²) >= 11 is 0. The van der Waals surface area contributed by atoms with Gasteiger partial charge in [0.05, 0.1) is 19.9 Å². The number of benzene rings is 3. The molecule has 6 heteroatoms. The number of rotatable bonds is 4. The average molecular weight is 415 g/mol. The van der Waals surface area contributed by atoms with Gasteiger partial charge in [0.15, 0.2) is 0 Å². The number of hydrogen-bond donors (Lipinski definition) is 3. The van der Waals surface area contributed by atoms with Crippen LogP contribution in [0, 0.1) is 0 Å². The van der Waals surface area contributed by atoms with Crippen molar-refractivity contribution in [3.63, 3.8) is 0 Å². The topological polar surface area (TPSA) is 91.8 Å². The number of fused-ring (bicyclic) bond motifs is 5. The molecule has 5 rings (SSSR count). The number of methoxy groups -OCH3 is 2. The lowest BCUT2D eigenvalue weighted by molar-refractivity contribution is 0.0693. The Kier molecular flexibility index (Phi) is 4.36. The van der Waals surface area contributed by atoms with E-state index in [0.717, 1.165) is 63.2 Å². The van der Waals surface area contributed by atoms with Gasteiger partial charge >= 0.3 is 5.97 Å². The highest BCUT2D eigenvalue weighted by atomic mass is 16.5.